The minimum Gasteiger partial charge on any atom is -0.478 e. The lowest BCUT2D eigenvalue weighted by Gasteiger charge is -2.08. The third kappa shape index (κ3) is 2.22. The second kappa shape index (κ2) is 5.09. The summed E-state index contributed by atoms with van der Waals surface area (Å²) < 4.78 is 19.1. The summed E-state index contributed by atoms with van der Waals surface area (Å²) in [4.78, 5) is 11.9. The first-order valence-electron chi connectivity index (χ1n) is 8.45. The van der Waals surface area contributed by atoms with E-state index in [2.05, 4.69) is 5.32 Å². The number of carboxylic acids is 1. The van der Waals surface area contributed by atoms with Crippen LogP contribution in [0.25, 0.3) is 22.3 Å². The Morgan fingerprint density at radius 1 is 1.24 bits per heavy atom. The van der Waals surface area contributed by atoms with Crippen LogP contribution < -0.4 is 5.32 Å². The highest BCUT2D eigenvalue weighted by Crippen LogP contribution is 2.54. The predicted molar refractivity (Wildman–Crippen MR) is 92.5 cm³/mol. The molecule has 25 heavy (non-hydrogen) atoms. The number of hydrogen-bond acceptors (Lipinski definition) is 3. The summed E-state index contributed by atoms with van der Waals surface area (Å²) in [6.07, 6.45) is 2.32. The standard InChI is InChI=1S/C20H16FNO3/c21-12-3-1-10(2-4-12)19-18(20(23)24)15-8-14-13-7-11(13)5-6-22-16(14)9-17(15)25-19/h1-4,8-9,11,13,22H,5-7H2,(H,23,24). The van der Waals surface area contributed by atoms with E-state index in [1.54, 1.807) is 12.1 Å². The van der Waals surface area contributed by atoms with Crippen molar-refractivity contribution in [3.8, 4) is 11.3 Å². The minimum atomic E-state index is -1.04. The van der Waals surface area contributed by atoms with Crippen molar-refractivity contribution in [2.45, 2.75) is 18.8 Å². The van der Waals surface area contributed by atoms with Gasteiger partial charge in [0.25, 0.3) is 0 Å². The zero-order valence-corrected chi connectivity index (χ0v) is 13.4. The molecular formula is C20H16FNO3. The molecule has 1 aliphatic carbocycles. The fraction of sp³-hybridized carbons (Fsp3) is 0.250. The first-order chi connectivity index (χ1) is 12.1. The van der Waals surface area contributed by atoms with E-state index in [-0.39, 0.29) is 17.1 Å². The topological polar surface area (TPSA) is 62.5 Å². The molecule has 1 saturated carbocycles. The smallest absolute Gasteiger partial charge is 0.340 e. The quantitative estimate of drug-likeness (QED) is 0.701. The number of rotatable bonds is 2. The first-order valence-corrected chi connectivity index (χ1v) is 8.45. The third-order valence-electron chi connectivity index (χ3n) is 5.33. The Morgan fingerprint density at radius 3 is 2.80 bits per heavy atom. The van der Waals surface area contributed by atoms with E-state index in [4.69, 9.17) is 4.42 Å². The van der Waals surface area contributed by atoms with Gasteiger partial charge in [0.2, 0.25) is 0 Å². The molecule has 126 valence electrons. The van der Waals surface area contributed by atoms with E-state index in [0.717, 1.165) is 18.7 Å². The Hall–Kier alpha value is -2.82. The molecule has 4 nitrogen and oxygen atoms in total. The lowest BCUT2D eigenvalue weighted by molar-refractivity contribution is 0.0699. The van der Waals surface area contributed by atoms with Crippen LogP contribution >= 0.6 is 0 Å². The Bertz CT molecular complexity index is 1010. The molecule has 2 heterocycles. The van der Waals surface area contributed by atoms with Crippen molar-refractivity contribution < 1.29 is 18.7 Å². The van der Waals surface area contributed by atoms with Crippen LogP contribution in [0, 0.1) is 11.7 Å². The van der Waals surface area contributed by atoms with Crippen LogP contribution in [-0.2, 0) is 0 Å². The second-order valence-corrected chi connectivity index (χ2v) is 6.87. The van der Waals surface area contributed by atoms with E-state index in [9.17, 15) is 14.3 Å². The number of halogens is 1. The van der Waals surface area contributed by atoms with Crippen LogP contribution in [0.1, 0.15) is 34.7 Å². The van der Waals surface area contributed by atoms with Gasteiger partial charge in [0, 0.05) is 29.2 Å². The van der Waals surface area contributed by atoms with Crippen LogP contribution in [0.2, 0.25) is 0 Å². The van der Waals surface area contributed by atoms with Gasteiger partial charge in [-0.25, -0.2) is 9.18 Å². The van der Waals surface area contributed by atoms with Gasteiger partial charge < -0.3 is 14.8 Å². The van der Waals surface area contributed by atoms with Gasteiger partial charge in [-0.2, -0.15) is 0 Å². The number of hydrogen-bond donors (Lipinski definition) is 2. The number of anilines is 1. The first kappa shape index (κ1) is 14.5. The number of aromatic carboxylic acids is 1. The zero-order chi connectivity index (χ0) is 17.1. The Balaban J connectivity index is 1.75. The Kier molecular flexibility index (Phi) is 2.95. The molecule has 0 amide bonds. The van der Waals surface area contributed by atoms with Gasteiger partial charge in [0.15, 0.2) is 0 Å². The summed E-state index contributed by atoms with van der Waals surface area (Å²) in [6, 6.07) is 9.57. The lowest BCUT2D eigenvalue weighted by atomic mass is 10.0. The summed E-state index contributed by atoms with van der Waals surface area (Å²) >= 11 is 0. The van der Waals surface area contributed by atoms with E-state index in [1.807, 2.05) is 12.1 Å². The highest BCUT2D eigenvalue weighted by molar-refractivity contribution is 6.09. The fourth-order valence-electron chi connectivity index (χ4n) is 3.98. The van der Waals surface area contributed by atoms with Crippen molar-refractivity contribution in [2.24, 2.45) is 5.92 Å². The van der Waals surface area contributed by atoms with Gasteiger partial charge in [-0.15, -0.1) is 0 Å². The molecule has 1 aliphatic heterocycles. The molecule has 3 aromatic rings. The van der Waals surface area contributed by atoms with Crippen molar-refractivity contribution in [3.63, 3.8) is 0 Å². The molecular weight excluding hydrogens is 321 g/mol. The SMILES string of the molecule is O=C(O)c1c(-c2ccc(F)cc2)oc2cc3c(cc12)C1CC1CCN3. The van der Waals surface area contributed by atoms with Crippen molar-refractivity contribution in [1.29, 1.82) is 0 Å². The number of furan rings is 1. The number of carbonyl (C=O) groups is 1. The monoisotopic (exact) mass is 337 g/mol. The van der Waals surface area contributed by atoms with Gasteiger partial charge in [-0.3, -0.25) is 0 Å². The molecule has 1 fully saturated rings. The Morgan fingerprint density at radius 2 is 2.04 bits per heavy atom. The highest BCUT2D eigenvalue weighted by Gasteiger charge is 2.41. The van der Waals surface area contributed by atoms with Gasteiger partial charge in [0.05, 0.1) is 0 Å². The van der Waals surface area contributed by atoms with E-state index < -0.39 is 5.97 Å². The molecule has 0 bridgehead atoms. The van der Waals surface area contributed by atoms with Crippen LogP contribution in [0.3, 0.4) is 0 Å². The normalized spacial score (nSPS) is 21.2. The number of benzene rings is 2. The zero-order valence-electron chi connectivity index (χ0n) is 13.4. The molecule has 0 saturated heterocycles. The molecule has 5 rings (SSSR count). The van der Waals surface area contributed by atoms with Gasteiger partial charge in [-0.1, -0.05) is 0 Å². The van der Waals surface area contributed by atoms with Crippen LogP contribution in [0.4, 0.5) is 10.1 Å². The number of carboxylic acid groups (broad SMARTS) is 1. The average Bonchev–Trinajstić information content (AvgIpc) is 3.27. The van der Waals surface area contributed by atoms with E-state index in [0.29, 0.717) is 28.4 Å². The van der Waals surface area contributed by atoms with Crippen LogP contribution in [0.5, 0.6) is 0 Å². The maximum absolute atomic E-state index is 13.2. The van der Waals surface area contributed by atoms with Gasteiger partial charge >= 0.3 is 5.97 Å². The van der Waals surface area contributed by atoms with Crippen molar-refractivity contribution in [1.82, 2.24) is 0 Å². The van der Waals surface area contributed by atoms with E-state index >= 15 is 0 Å². The highest BCUT2D eigenvalue weighted by atomic mass is 19.1. The fourth-order valence-corrected chi connectivity index (χ4v) is 3.98. The minimum absolute atomic E-state index is 0.144. The van der Waals surface area contributed by atoms with E-state index in [1.165, 1.54) is 24.1 Å². The average molecular weight is 337 g/mol. The van der Waals surface area contributed by atoms with Crippen LogP contribution in [-0.4, -0.2) is 17.6 Å². The maximum Gasteiger partial charge on any atom is 0.340 e. The van der Waals surface area contributed by atoms with Crippen LogP contribution in [0.15, 0.2) is 40.8 Å². The van der Waals surface area contributed by atoms with Crippen molar-refractivity contribution >= 4 is 22.6 Å². The molecule has 0 spiro atoms. The van der Waals surface area contributed by atoms with Gasteiger partial charge in [0.1, 0.15) is 22.7 Å². The summed E-state index contributed by atoms with van der Waals surface area (Å²) in [7, 11) is 0. The summed E-state index contributed by atoms with van der Waals surface area (Å²) in [5.41, 5.74) is 3.47. The molecule has 2 aliphatic rings. The second-order valence-electron chi connectivity index (χ2n) is 6.87. The summed E-state index contributed by atoms with van der Waals surface area (Å²) in [6.45, 7) is 0.928. The lowest BCUT2D eigenvalue weighted by Crippen LogP contribution is -2.01. The predicted octanol–water partition coefficient (Wildman–Crippen LogP) is 4.86. The maximum atomic E-state index is 13.2. The Labute approximate surface area is 143 Å². The summed E-state index contributed by atoms with van der Waals surface area (Å²) in [5.74, 6) is 0.0811. The molecule has 1 aromatic heterocycles. The van der Waals surface area contributed by atoms with Gasteiger partial charge in [-0.05, 0) is 60.6 Å². The molecule has 0 radical (unpaired) electrons. The molecule has 2 unspecified atom stereocenters. The molecule has 2 atom stereocenters. The summed E-state index contributed by atoms with van der Waals surface area (Å²) in [5, 5.41) is 13.8. The number of nitrogens with one attached hydrogen (secondary N) is 1. The molecule has 2 aromatic carbocycles. The largest absolute Gasteiger partial charge is 0.478 e. The van der Waals surface area contributed by atoms with Crippen molar-refractivity contribution in [2.75, 3.05) is 11.9 Å². The molecule has 5 heteroatoms. The molecule has 2 N–H and O–H groups in total. The van der Waals surface area contributed by atoms with Crippen molar-refractivity contribution in [3.05, 3.63) is 53.3 Å². The third-order valence-corrected chi connectivity index (χ3v) is 5.33. The number of fused-ring (bicyclic) bond motifs is 4.